The van der Waals surface area contributed by atoms with Crippen molar-refractivity contribution >= 4 is 0 Å². The number of aliphatic hydroxyl groups excluding tert-OH is 1. The Morgan fingerprint density at radius 1 is 1.05 bits per heavy atom. The molecule has 3 nitrogen and oxygen atoms in total. The van der Waals surface area contributed by atoms with E-state index < -0.39 is 6.10 Å². The Kier molecular flexibility index (Phi) is 6.25. The van der Waals surface area contributed by atoms with Gasteiger partial charge in [0.05, 0.1) is 0 Å². The molecule has 112 valence electrons. The number of ether oxygens (including phenoxy) is 1. The Morgan fingerprint density at radius 3 is 2.48 bits per heavy atom. The number of hydrogen-bond donors (Lipinski definition) is 2. The first-order valence-corrected chi connectivity index (χ1v) is 7.36. The topological polar surface area (TPSA) is 41.5 Å². The maximum absolute atomic E-state index is 9.87. The lowest BCUT2D eigenvalue weighted by Gasteiger charge is -2.13. The highest BCUT2D eigenvalue weighted by Crippen LogP contribution is 2.11. The Hall–Kier alpha value is -1.84. The fourth-order valence-corrected chi connectivity index (χ4v) is 2.03. The summed E-state index contributed by atoms with van der Waals surface area (Å²) in [4.78, 5) is 0. The minimum absolute atomic E-state index is 0.307. The summed E-state index contributed by atoms with van der Waals surface area (Å²) < 4.78 is 5.55. The minimum Gasteiger partial charge on any atom is -0.491 e. The van der Waals surface area contributed by atoms with Crippen molar-refractivity contribution in [2.75, 3.05) is 19.7 Å². The number of aliphatic hydroxyl groups is 1. The molecule has 0 bridgehead atoms. The van der Waals surface area contributed by atoms with Crippen LogP contribution in [0.2, 0.25) is 0 Å². The third kappa shape index (κ3) is 5.98. The fraction of sp³-hybridized carbons (Fsp3) is 0.333. The molecule has 2 rings (SSSR count). The molecular formula is C18H23NO2. The van der Waals surface area contributed by atoms with Gasteiger partial charge in [0.15, 0.2) is 0 Å². The van der Waals surface area contributed by atoms with Crippen molar-refractivity contribution in [3.63, 3.8) is 0 Å². The van der Waals surface area contributed by atoms with E-state index in [1.165, 1.54) is 11.1 Å². The second-order valence-electron chi connectivity index (χ2n) is 5.22. The van der Waals surface area contributed by atoms with E-state index in [2.05, 4.69) is 17.4 Å². The first-order valence-electron chi connectivity index (χ1n) is 7.36. The minimum atomic E-state index is -0.498. The maximum atomic E-state index is 9.87. The zero-order valence-electron chi connectivity index (χ0n) is 12.5. The number of nitrogens with one attached hydrogen (secondary N) is 1. The molecule has 0 heterocycles. The van der Waals surface area contributed by atoms with Gasteiger partial charge in [-0.2, -0.15) is 0 Å². The number of benzene rings is 2. The van der Waals surface area contributed by atoms with Crippen LogP contribution in [0.5, 0.6) is 5.75 Å². The van der Waals surface area contributed by atoms with Gasteiger partial charge >= 0.3 is 0 Å². The lowest BCUT2D eigenvalue weighted by molar-refractivity contribution is 0.106. The Morgan fingerprint density at radius 2 is 1.76 bits per heavy atom. The average Bonchev–Trinajstić information content (AvgIpc) is 2.52. The van der Waals surface area contributed by atoms with E-state index in [0.29, 0.717) is 13.2 Å². The van der Waals surface area contributed by atoms with Gasteiger partial charge in [-0.15, -0.1) is 0 Å². The summed E-state index contributed by atoms with van der Waals surface area (Å²) in [5.74, 6) is 0.795. The highest BCUT2D eigenvalue weighted by molar-refractivity contribution is 5.26. The van der Waals surface area contributed by atoms with Gasteiger partial charge in [-0.1, -0.05) is 48.0 Å². The van der Waals surface area contributed by atoms with Gasteiger partial charge in [-0.3, -0.25) is 0 Å². The van der Waals surface area contributed by atoms with Crippen LogP contribution >= 0.6 is 0 Å². The molecule has 0 amide bonds. The summed E-state index contributed by atoms with van der Waals surface area (Å²) in [5, 5.41) is 13.1. The third-order valence-electron chi connectivity index (χ3n) is 3.28. The second-order valence-corrected chi connectivity index (χ2v) is 5.22. The van der Waals surface area contributed by atoms with Gasteiger partial charge in [0.2, 0.25) is 0 Å². The van der Waals surface area contributed by atoms with E-state index in [4.69, 9.17) is 4.74 Å². The SMILES string of the molecule is Cc1ccc(OCC(O)CNCCc2ccccc2)cc1. The molecule has 0 aliphatic rings. The molecule has 3 heteroatoms. The molecule has 0 aromatic heterocycles. The van der Waals surface area contributed by atoms with Crippen molar-refractivity contribution in [3.05, 3.63) is 65.7 Å². The number of aryl methyl sites for hydroxylation is 1. The van der Waals surface area contributed by atoms with Crippen LogP contribution < -0.4 is 10.1 Å². The Labute approximate surface area is 126 Å². The lowest BCUT2D eigenvalue weighted by Crippen LogP contribution is -2.32. The molecule has 0 spiro atoms. The molecule has 0 aliphatic carbocycles. The van der Waals surface area contributed by atoms with Crippen molar-refractivity contribution in [1.29, 1.82) is 0 Å². The van der Waals surface area contributed by atoms with E-state index in [-0.39, 0.29) is 0 Å². The summed E-state index contributed by atoms with van der Waals surface area (Å²) >= 11 is 0. The molecular weight excluding hydrogens is 262 g/mol. The standard InChI is InChI=1S/C18H23NO2/c1-15-7-9-18(10-8-15)21-14-17(20)13-19-12-11-16-5-3-2-4-6-16/h2-10,17,19-20H,11-14H2,1H3. The van der Waals surface area contributed by atoms with Crippen LogP contribution in [0.3, 0.4) is 0 Å². The average molecular weight is 285 g/mol. The van der Waals surface area contributed by atoms with Crippen molar-refractivity contribution in [2.24, 2.45) is 0 Å². The summed E-state index contributed by atoms with van der Waals surface area (Å²) in [6.07, 6.45) is 0.467. The maximum Gasteiger partial charge on any atom is 0.119 e. The molecule has 2 aromatic carbocycles. The molecule has 0 radical (unpaired) electrons. The van der Waals surface area contributed by atoms with Crippen LogP contribution in [0.25, 0.3) is 0 Å². The summed E-state index contributed by atoms with van der Waals surface area (Å²) in [6, 6.07) is 18.2. The third-order valence-corrected chi connectivity index (χ3v) is 3.28. The zero-order valence-corrected chi connectivity index (χ0v) is 12.5. The first kappa shape index (κ1) is 15.5. The summed E-state index contributed by atoms with van der Waals surface area (Å²) in [6.45, 7) is 3.74. The van der Waals surface area contributed by atoms with E-state index in [9.17, 15) is 5.11 Å². The highest BCUT2D eigenvalue weighted by Gasteiger charge is 2.04. The Bertz CT molecular complexity index is 511. The van der Waals surface area contributed by atoms with Gasteiger partial charge in [-0.05, 0) is 37.6 Å². The quantitative estimate of drug-likeness (QED) is 0.733. The first-order chi connectivity index (χ1) is 10.2. The van der Waals surface area contributed by atoms with Crippen LogP contribution in [0, 0.1) is 6.92 Å². The van der Waals surface area contributed by atoms with Crippen molar-refractivity contribution in [3.8, 4) is 5.75 Å². The largest absolute Gasteiger partial charge is 0.491 e. The van der Waals surface area contributed by atoms with Gasteiger partial charge < -0.3 is 15.2 Å². The number of hydrogen-bond acceptors (Lipinski definition) is 3. The normalized spacial score (nSPS) is 12.1. The van der Waals surface area contributed by atoms with Crippen LogP contribution in [-0.4, -0.2) is 30.9 Å². The van der Waals surface area contributed by atoms with Crippen molar-refractivity contribution in [1.82, 2.24) is 5.32 Å². The fourth-order valence-electron chi connectivity index (χ4n) is 2.03. The highest BCUT2D eigenvalue weighted by atomic mass is 16.5. The van der Waals surface area contributed by atoms with Crippen molar-refractivity contribution in [2.45, 2.75) is 19.4 Å². The zero-order chi connectivity index (χ0) is 14.9. The van der Waals surface area contributed by atoms with Crippen LogP contribution in [0.15, 0.2) is 54.6 Å². The molecule has 0 saturated heterocycles. The van der Waals surface area contributed by atoms with Gasteiger partial charge in [0, 0.05) is 6.54 Å². The van der Waals surface area contributed by atoms with E-state index in [1.807, 2.05) is 49.4 Å². The van der Waals surface area contributed by atoms with Gasteiger partial charge in [0.25, 0.3) is 0 Å². The van der Waals surface area contributed by atoms with Crippen LogP contribution in [0.1, 0.15) is 11.1 Å². The molecule has 0 fully saturated rings. The van der Waals surface area contributed by atoms with Crippen LogP contribution in [-0.2, 0) is 6.42 Å². The predicted molar refractivity (Wildman–Crippen MR) is 85.7 cm³/mol. The molecule has 1 unspecified atom stereocenters. The molecule has 0 saturated carbocycles. The van der Waals surface area contributed by atoms with E-state index >= 15 is 0 Å². The monoisotopic (exact) mass is 285 g/mol. The second kappa shape index (κ2) is 8.45. The summed E-state index contributed by atoms with van der Waals surface area (Å²) in [5.41, 5.74) is 2.50. The van der Waals surface area contributed by atoms with Crippen LogP contribution in [0.4, 0.5) is 0 Å². The lowest BCUT2D eigenvalue weighted by atomic mass is 10.1. The molecule has 0 aliphatic heterocycles. The molecule has 1 atom stereocenters. The van der Waals surface area contributed by atoms with E-state index in [1.54, 1.807) is 0 Å². The van der Waals surface area contributed by atoms with Gasteiger partial charge in [-0.25, -0.2) is 0 Å². The molecule has 2 N–H and O–H groups in total. The molecule has 21 heavy (non-hydrogen) atoms. The van der Waals surface area contributed by atoms with Crippen molar-refractivity contribution < 1.29 is 9.84 Å². The predicted octanol–water partition coefficient (Wildman–Crippen LogP) is 2.57. The molecule has 2 aromatic rings. The van der Waals surface area contributed by atoms with E-state index in [0.717, 1.165) is 18.7 Å². The number of rotatable bonds is 8. The van der Waals surface area contributed by atoms with Gasteiger partial charge in [0.1, 0.15) is 18.5 Å². The Balaban J connectivity index is 1.59. The smallest absolute Gasteiger partial charge is 0.119 e. The summed E-state index contributed by atoms with van der Waals surface area (Å²) in [7, 11) is 0.